The Morgan fingerprint density at radius 2 is 2.10 bits per heavy atom. The molecule has 0 fully saturated rings. The van der Waals surface area contributed by atoms with Gasteiger partial charge in [-0.05, 0) is 36.6 Å². The van der Waals surface area contributed by atoms with Gasteiger partial charge in [-0.1, -0.05) is 6.58 Å². The fourth-order valence-electron chi connectivity index (χ4n) is 2.12. The van der Waals surface area contributed by atoms with E-state index in [2.05, 4.69) is 27.1 Å². The number of phenols is 1. The number of aryl methyl sites for hydroxylation is 1. The van der Waals surface area contributed by atoms with Crippen LogP contribution in [0.2, 0.25) is 0 Å². The summed E-state index contributed by atoms with van der Waals surface area (Å²) >= 11 is 0. The zero-order valence-corrected chi connectivity index (χ0v) is 11.3. The summed E-state index contributed by atoms with van der Waals surface area (Å²) in [6, 6.07) is 6.16. The summed E-state index contributed by atoms with van der Waals surface area (Å²) in [5, 5.41) is 20.7. The van der Waals surface area contributed by atoms with Gasteiger partial charge in [-0.25, -0.2) is 9.37 Å². The van der Waals surface area contributed by atoms with E-state index < -0.39 is 11.6 Å². The highest BCUT2D eigenvalue weighted by Gasteiger charge is 2.09. The number of H-pyrrole nitrogens is 1. The monoisotopic (exact) mass is 284 g/mol. The van der Waals surface area contributed by atoms with Crippen LogP contribution in [0.1, 0.15) is 11.4 Å². The number of anilines is 2. The Kier molecular flexibility index (Phi) is 3.06. The fourth-order valence-corrected chi connectivity index (χ4v) is 2.12. The highest BCUT2D eigenvalue weighted by atomic mass is 19.1. The average Bonchev–Trinajstić information content (AvgIpc) is 2.85. The molecular formula is C15H13FN4O. The fraction of sp³-hybridized carbons (Fsp3) is 0.0667. The maximum atomic E-state index is 13.5. The van der Waals surface area contributed by atoms with Crippen molar-refractivity contribution in [3.63, 3.8) is 0 Å². The SMILES string of the molecule is C=Cc1nc(Nc2cc(C)[nH]n2)cc2cc(O)c(F)cc12. The van der Waals surface area contributed by atoms with E-state index in [9.17, 15) is 9.50 Å². The average molecular weight is 284 g/mol. The zero-order valence-electron chi connectivity index (χ0n) is 11.3. The maximum absolute atomic E-state index is 13.5. The molecule has 0 saturated carbocycles. The van der Waals surface area contributed by atoms with Crippen molar-refractivity contribution in [2.24, 2.45) is 0 Å². The first-order valence-corrected chi connectivity index (χ1v) is 6.31. The Morgan fingerprint density at radius 1 is 1.29 bits per heavy atom. The Bertz CT molecular complexity index is 841. The molecule has 5 nitrogen and oxygen atoms in total. The van der Waals surface area contributed by atoms with E-state index in [1.807, 2.05) is 13.0 Å². The van der Waals surface area contributed by atoms with Gasteiger partial charge >= 0.3 is 0 Å². The van der Waals surface area contributed by atoms with Crippen molar-refractivity contribution in [1.29, 1.82) is 0 Å². The number of nitrogens with one attached hydrogen (secondary N) is 2. The molecule has 0 radical (unpaired) electrons. The third kappa shape index (κ3) is 2.43. The van der Waals surface area contributed by atoms with Gasteiger partial charge in [0.15, 0.2) is 17.4 Å². The molecule has 0 aliphatic heterocycles. The number of hydrogen-bond donors (Lipinski definition) is 3. The van der Waals surface area contributed by atoms with E-state index in [-0.39, 0.29) is 0 Å². The van der Waals surface area contributed by atoms with E-state index in [0.717, 1.165) is 5.69 Å². The summed E-state index contributed by atoms with van der Waals surface area (Å²) in [6.07, 6.45) is 1.54. The summed E-state index contributed by atoms with van der Waals surface area (Å²) in [4.78, 5) is 4.36. The van der Waals surface area contributed by atoms with E-state index in [4.69, 9.17) is 0 Å². The number of aromatic hydroxyl groups is 1. The Morgan fingerprint density at radius 3 is 2.76 bits per heavy atom. The van der Waals surface area contributed by atoms with Crippen molar-refractivity contribution < 1.29 is 9.50 Å². The van der Waals surface area contributed by atoms with Crippen molar-refractivity contribution in [3.05, 3.63) is 48.0 Å². The van der Waals surface area contributed by atoms with Crippen molar-refractivity contribution >= 4 is 28.5 Å². The predicted octanol–water partition coefficient (Wildman–Crippen LogP) is 3.50. The van der Waals surface area contributed by atoms with Gasteiger partial charge in [0.1, 0.15) is 5.82 Å². The van der Waals surface area contributed by atoms with Crippen LogP contribution in [0.25, 0.3) is 16.8 Å². The lowest BCUT2D eigenvalue weighted by Crippen LogP contribution is -1.96. The molecule has 106 valence electrons. The number of hydrogen-bond acceptors (Lipinski definition) is 4. The second-order valence-corrected chi connectivity index (χ2v) is 4.68. The minimum absolute atomic E-state index is 0.398. The number of fused-ring (bicyclic) bond motifs is 1. The minimum Gasteiger partial charge on any atom is -0.505 e. The number of halogens is 1. The van der Waals surface area contributed by atoms with Crippen LogP contribution in [0.4, 0.5) is 16.0 Å². The molecule has 1 aromatic carbocycles. The lowest BCUT2D eigenvalue weighted by molar-refractivity contribution is 0.433. The van der Waals surface area contributed by atoms with Crippen LogP contribution in [0.15, 0.2) is 30.8 Å². The number of benzene rings is 1. The predicted molar refractivity (Wildman–Crippen MR) is 80.1 cm³/mol. The largest absolute Gasteiger partial charge is 0.505 e. The first kappa shape index (κ1) is 13.1. The van der Waals surface area contributed by atoms with Crippen molar-refractivity contribution in [2.45, 2.75) is 6.92 Å². The molecule has 0 bridgehead atoms. The van der Waals surface area contributed by atoms with Gasteiger partial charge in [0.2, 0.25) is 0 Å². The van der Waals surface area contributed by atoms with Crippen LogP contribution in [-0.2, 0) is 0 Å². The normalized spacial score (nSPS) is 10.8. The zero-order chi connectivity index (χ0) is 15.0. The van der Waals surface area contributed by atoms with Gasteiger partial charge in [0.25, 0.3) is 0 Å². The molecule has 3 aromatic rings. The van der Waals surface area contributed by atoms with Gasteiger partial charge in [-0.2, -0.15) is 5.10 Å². The second kappa shape index (κ2) is 4.90. The molecule has 2 heterocycles. The standard InChI is InChI=1S/C15H13FN4O/c1-3-12-10-7-11(16)13(21)5-9(10)6-14(17-12)18-15-4-8(2)19-20-15/h3-7,21H,1H2,2H3,(H2,17,18,19,20). The highest BCUT2D eigenvalue weighted by molar-refractivity contribution is 5.92. The first-order chi connectivity index (χ1) is 10.1. The van der Waals surface area contributed by atoms with Crippen LogP contribution in [0.5, 0.6) is 5.75 Å². The maximum Gasteiger partial charge on any atom is 0.165 e. The second-order valence-electron chi connectivity index (χ2n) is 4.68. The third-order valence-electron chi connectivity index (χ3n) is 3.08. The number of aromatic amines is 1. The molecule has 0 atom stereocenters. The first-order valence-electron chi connectivity index (χ1n) is 6.31. The minimum atomic E-state index is -0.684. The van der Waals surface area contributed by atoms with E-state index >= 15 is 0 Å². The van der Waals surface area contributed by atoms with Crippen LogP contribution in [-0.4, -0.2) is 20.3 Å². The van der Waals surface area contributed by atoms with Crippen LogP contribution >= 0.6 is 0 Å². The molecule has 0 saturated heterocycles. The van der Waals surface area contributed by atoms with Crippen molar-refractivity contribution in [2.75, 3.05) is 5.32 Å². The molecule has 0 aliphatic carbocycles. The van der Waals surface area contributed by atoms with Crippen LogP contribution in [0, 0.1) is 12.7 Å². The number of phenolic OH excluding ortho intramolecular Hbond substituents is 1. The number of nitrogens with zero attached hydrogens (tertiary/aromatic N) is 2. The van der Waals surface area contributed by atoms with Crippen molar-refractivity contribution in [3.8, 4) is 5.75 Å². The molecule has 21 heavy (non-hydrogen) atoms. The Labute approximate surface area is 120 Å². The third-order valence-corrected chi connectivity index (χ3v) is 3.08. The van der Waals surface area contributed by atoms with E-state index in [1.165, 1.54) is 12.1 Å². The Balaban J connectivity index is 2.12. The quantitative estimate of drug-likeness (QED) is 0.688. The molecule has 0 aliphatic rings. The smallest absolute Gasteiger partial charge is 0.165 e. The lowest BCUT2D eigenvalue weighted by Gasteiger charge is -2.08. The highest BCUT2D eigenvalue weighted by Crippen LogP contribution is 2.28. The molecule has 2 aromatic heterocycles. The molecule has 3 rings (SSSR count). The lowest BCUT2D eigenvalue weighted by atomic mass is 10.1. The van der Waals surface area contributed by atoms with E-state index in [1.54, 1.807) is 12.1 Å². The number of aromatic nitrogens is 3. The van der Waals surface area contributed by atoms with Crippen LogP contribution in [0.3, 0.4) is 0 Å². The van der Waals surface area contributed by atoms with Gasteiger partial charge in [0, 0.05) is 17.1 Å². The Hall–Kier alpha value is -2.89. The number of rotatable bonds is 3. The molecule has 0 amide bonds. The van der Waals surface area contributed by atoms with Gasteiger partial charge < -0.3 is 10.4 Å². The molecular weight excluding hydrogens is 271 g/mol. The topological polar surface area (TPSA) is 73.8 Å². The summed E-state index contributed by atoms with van der Waals surface area (Å²) in [6.45, 7) is 5.58. The van der Waals surface area contributed by atoms with E-state index in [0.29, 0.717) is 28.1 Å². The van der Waals surface area contributed by atoms with Gasteiger partial charge in [-0.15, -0.1) is 0 Å². The molecule has 6 heteroatoms. The summed E-state index contributed by atoms with van der Waals surface area (Å²) < 4.78 is 13.5. The van der Waals surface area contributed by atoms with Crippen molar-refractivity contribution in [1.82, 2.24) is 15.2 Å². The molecule has 0 spiro atoms. The summed E-state index contributed by atoms with van der Waals surface area (Å²) in [7, 11) is 0. The molecule has 3 N–H and O–H groups in total. The number of pyridine rings is 1. The summed E-state index contributed by atoms with van der Waals surface area (Å²) in [5.74, 6) is 0.0805. The summed E-state index contributed by atoms with van der Waals surface area (Å²) in [5.41, 5.74) is 1.45. The molecule has 0 unspecified atom stereocenters. The van der Waals surface area contributed by atoms with Crippen LogP contribution < -0.4 is 5.32 Å². The van der Waals surface area contributed by atoms with Gasteiger partial charge in [0.05, 0.1) is 5.69 Å². The van der Waals surface area contributed by atoms with Gasteiger partial charge in [-0.3, -0.25) is 5.10 Å².